The van der Waals surface area contributed by atoms with Crippen molar-refractivity contribution in [2.24, 2.45) is 5.92 Å². The van der Waals surface area contributed by atoms with E-state index in [0.29, 0.717) is 29.7 Å². The van der Waals surface area contributed by atoms with Gasteiger partial charge in [-0.3, -0.25) is 0 Å². The summed E-state index contributed by atoms with van der Waals surface area (Å²) in [5.41, 5.74) is 1.65. The van der Waals surface area contributed by atoms with Crippen LogP contribution in [0.15, 0.2) is 23.8 Å². The number of hydrogen-bond donors (Lipinski definition) is 4. The highest BCUT2D eigenvalue weighted by Gasteiger charge is 2.47. The zero-order valence-corrected chi connectivity index (χ0v) is 20.1. The first-order valence-electron chi connectivity index (χ1n) is 12.2. The lowest BCUT2D eigenvalue weighted by atomic mass is 9.67. The molecule has 0 amide bonds. The Hall–Kier alpha value is -2.13. The molecular weight excluding hydrogens is 440 g/mol. The van der Waals surface area contributed by atoms with E-state index in [4.69, 9.17) is 14.2 Å². The molecule has 1 aromatic rings. The molecule has 34 heavy (non-hydrogen) atoms. The summed E-state index contributed by atoms with van der Waals surface area (Å²) in [6.45, 7) is 5.98. The number of aliphatic hydroxyl groups is 3. The number of phenols is 1. The van der Waals surface area contributed by atoms with Gasteiger partial charge in [0.2, 0.25) is 6.29 Å². The smallest absolute Gasteiger partial charge is 0.336 e. The average molecular weight is 477 g/mol. The molecule has 4 rings (SSSR count). The van der Waals surface area contributed by atoms with Gasteiger partial charge in [0.15, 0.2) is 0 Å². The lowest BCUT2D eigenvalue weighted by Gasteiger charge is -2.46. The van der Waals surface area contributed by atoms with Crippen LogP contribution in [0.1, 0.15) is 69.9 Å². The standard InChI is InChI=1S/C26H36O8/c1-4-5-6-7-14-10-18(27)21-16-12-15(8-9-17(16)26(2,3)34-20(21)11-14)24(31)33-25-23(30)22(29)19(28)13-32-25/h10-12,16-17,19,22-23,25,27-30H,4-9,13H2,1-3H3. The Morgan fingerprint density at radius 1 is 1.18 bits per heavy atom. The molecule has 0 radical (unpaired) electrons. The molecule has 2 aliphatic heterocycles. The molecular formula is C26H36O8. The molecule has 2 heterocycles. The minimum Gasteiger partial charge on any atom is -0.507 e. The van der Waals surface area contributed by atoms with Crippen molar-refractivity contribution >= 4 is 5.97 Å². The van der Waals surface area contributed by atoms with E-state index in [1.807, 2.05) is 26.0 Å². The minimum absolute atomic E-state index is 0.0573. The van der Waals surface area contributed by atoms with Gasteiger partial charge < -0.3 is 34.6 Å². The molecule has 6 unspecified atom stereocenters. The van der Waals surface area contributed by atoms with Crippen molar-refractivity contribution in [3.05, 3.63) is 34.9 Å². The second kappa shape index (κ2) is 9.85. The predicted octanol–water partition coefficient (Wildman–Crippen LogP) is 2.70. The molecule has 8 nitrogen and oxygen atoms in total. The number of phenolic OH excluding ortho intramolecular Hbond substituents is 1. The zero-order valence-electron chi connectivity index (χ0n) is 20.1. The minimum atomic E-state index is -1.54. The van der Waals surface area contributed by atoms with Gasteiger partial charge in [0, 0.05) is 23.0 Å². The van der Waals surface area contributed by atoms with Gasteiger partial charge in [-0.15, -0.1) is 0 Å². The van der Waals surface area contributed by atoms with Crippen LogP contribution in [0.2, 0.25) is 0 Å². The predicted molar refractivity (Wildman–Crippen MR) is 123 cm³/mol. The second-order valence-corrected chi connectivity index (χ2v) is 10.2. The number of allylic oxidation sites excluding steroid dienone is 1. The van der Waals surface area contributed by atoms with Crippen LogP contribution in [0.3, 0.4) is 0 Å². The van der Waals surface area contributed by atoms with E-state index in [0.717, 1.165) is 31.2 Å². The van der Waals surface area contributed by atoms with Gasteiger partial charge in [0.1, 0.15) is 35.4 Å². The summed E-state index contributed by atoms with van der Waals surface area (Å²) in [4.78, 5) is 12.9. The number of aromatic hydroxyl groups is 1. The summed E-state index contributed by atoms with van der Waals surface area (Å²) in [6.07, 6.45) is 1.50. The molecule has 1 aromatic carbocycles. The number of carbonyl (C=O) groups is 1. The third kappa shape index (κ3) is 4.82. The summed E-state index contributed by atoms with van der Waals surface area (Å²) < 4.78 is 16.9. The number of benzene rings is 1. The summed E-state index contributed by atoms with van der Waals surface area (Å²) in [5.74, 6) is -0.00544. The maximum atomic E-state index is 12.9. The number of aryl methyl sites for hydroxylation is 1. The van der Waals surface area contributed by atoms with Gasteiger partial charge >= 0.3 is 5.97 Å². The van der Waals surface area contributed by atoms with Crippen molar-refractivity contribution in [2.75, 3.05) is 6.61 Å². The summed E-state index contributed by atoms with van der Waals surface area (Å²) in [6, 6.07) is 3.80. The molecule has 6 atom stereocenters. The van der Waals surface area contributed by atoms with Crippen LogP contribution in [-0.4, -0.2) is 63.2 Å². The average Bonchev–Trinajstić information content (AvgIpc) is 2.78. The fourth-order valence-electron chi connectivity index (χ4n) is 5.37. The number of esters is 1. The van der Waals surface area contributed by atoms with E-state index in [9.17, 15) is 25.2 Å². The Labute approximate surface area is 200 Å². The van der Waals surface area contributed by atoms with Crippen LogP contribution in [0.4, 0.5) is 0 Å². The van der Waals surface area contributed by atoms with Crippen molar-refractivity contribution in [3.63, 3.8) is 0 Å². The first-order valence-corrected chi connectivity index (χ1v) is 12.2. The largest absolute Gasteiger partial charge is 0.507 e. The van der Waals surface area contributed by atoms with E-state index < -0.39 is 36.2 Å². The number of ether oxygens (including phenoxy) is 3. The third-order valence-corrected chi connectivity index (χ3v) is 7.33. The Bertz CT molecular complexity index is 939. The highest BCUT2D eigenvalue weighted by molar-refractivity contribution is 5.89. The van der Waals surface area contributed by atoms with Crippen molar-refractivity contribution in [1.82, 2.24) is 0 Å². The van der Waals surface area contributed by atoms with Gasteiger partial charge in [-0.1, -0.05) is 25.8 Å². The Balaban J connectivity index is 1.58. The van der Waals surface area contributed by atoms with Crippen molar-refractivity contribution in [1.29, 1.82) is 0 Å². The number of aliphatic hydroxyl groups excluding tert-OH is 3. The summed E-state index contributed by atoms with van der Waals surface area (Å²) in [5, 5.41) is 40.5. The molecule has 0 bridgehead atoms. The number of fused-ring (bicyclic) bond motifs is 3. The van der Waals surface area contributed by atoms with Gasteiger partial charge in [0.25, 0.3) is 0 Å². The number of carbonyl (C=O) groups excluding carboxylic acids is 1. The lowest BCUT2D eigenvalue weighted by Crippen LogP contribution is -2.54. The number of rotatable bonds is 6. The van der Waals surface area contributed by atoms with Gasteiger partial charge in [-0.25, -0.2) is 4.79 Å². The first-order chi connectivity index (χ1) is 16.1. The van der Waals surface area contributed by atoms with Crippen LogP contribution in [0, 0.1) is 5.92 Å². The monoisotopic (exact) mass is 476 g/mol. The molecule has 4 N–H and O–H groups in total. The van der Waals surface area contributed by atoms with Crippen molar-refractivity contribution < 1.29 is 39.4 Å². The molecule has 1 saturated heterocycles. The maximum Gasteiger partial charge on any atom is 0.336 e. The van der Waals surface area contributed by atoms with Crippen LogP contribution in [0.5, 0.6) is 11.5 Å². The molecule has 1 aliphatic carbocycles. The van der Waals surface area contributed by atoms with E-state index in [1.54, 1.807) is 6.07 Å². The molecule has 8 heteroatoms. The van der Waals surface area contributed by atoms with Crippen LogP contribution >= 0.6 is 0 Å². The van der Waals surface area contributed by atoms with E-state index >= 15 is 0 Å². The normalized spacial score (nSPS) is 32.1. The molecule has 1 fully saturated rings. The molecule has 0 saturated carbocycles. The third-order valence-electron chi connectivity index (χ3n) is 7.33. The molecule has 0 spiro atoms. The van der Waals surface area contributed by atoms with Crippen LogP contribution in [0.25, 0.3) is 0 Å². The topological polar surface area (TPSA) is 126 Å². The van der Waals surface area contributed by atoms with Gasteiger partial charge in [0.05, 0.1) is 6.61 Å². The lowest BCUT2D eigenvalue weighted by molar-refractivity contribution is -0.261. The van der Waals surface area contributed by atoms with Crippen molar-refractivity contribution in [2.45, 2.75) is 95.4 Å². The van der Waals surface area contributed by atoms with Gasteiger partial charge in [-0.2, -0.15) is 0 Å². The Kier molecular flexibility index (Phi) is 7.24. The van der Waals surface area contributed by atoms with Crippen LogP contribution in [-0.2, 0) is 20.7 Å². The Morgan fingerprint density at radius 3 is 2.68 bits per heavy atom. The SMILES string of the molecule is CCCCCc1cc(O)c2c(c1)OC(C)(C)C1CCC(C(=O)OC3OCC(O)C(O)C3O)=CC21. The highest BCUT2D eigenvalue weighted by Crippen LogP contribution is 2.53. The fourth-order valence-corrected chi connectivity index (χ4v) is 5.37. The van der Waals surface area contributed by atoms with E-state index in [-0.39, 0.29) is 24.2 Å². The number of unbranched alkanes of at least 4 members (excludes halogenated alkanes) is 2. The van der Waals surface area contributed by atoms with E-state index in [1.165, 1.54) is 0 Å². The fraction of sp³-hybridized carbons (Fsp3) is 0.654. The number of hydrogen-bond acceptors (Lipinski definition) is 8. The maximum absolute atomic E-state index is 12.9. The molecule has 3 aliphatic rings. The highest BCUT2D eigenvalue weighted by atomic mass is 16.7. The van der Waals surface area contributed by atoms with E-state index in [2.05, 4.69) is 6.92 Å². The second-order valence-electron chi connectivity index (χ2n) is 10.2. The van der Waals surface area contributed by atoms with Gasteiger partial charge in [-0.05, 0) is 57.2 Å². The van der Waals surface area contributed by atoms with Crippen molar-refractivity contribution in [3.8, 4) is 11.5 Å². The van der Waals surface area contributed by atoms with Crippen LogP contribution < -0.4 is 4.74 Å². The quantitative estimate of drug-likeness (QED) is 0.365. The molecule has 0 aromatic heterocycles. The molecule has 188 valence electrons. The first kappa shape index (κ1) is 25.0. The zero-order chi connectivity index (χ0) is 24.6. The Morgan fingerprint density at radius 2 is 1.94 bits per heavy atom. The summed E-state index contributed by atoms with van der Waals surface area (Å²) in [7, 11) is 0. The summed E-state index contributed by atoms with van der Waals surface area (Å²) >= 11 is 0.